The molecule has 0 radical (unpaired) electrons. The molecule has 1 atom stereocenters. The van der Waals surface area contributed by atoms with E-state index in [2.05, 4.69) is 31.4 Å². The van der Waals surface area contributed by atoms with Crippen molar-refractivity contribution in [3.8, 4) is 0 Å². The number of benzene rings is 1. The zero-order valence-corrected chi connectivity index (χ0v) is 16.9. The summed E-state index contributed by atoms with van der Waals surface area (Å²) in [7, 11) is 0. The number of amides is 3. The Morgan fingerprint density at radius 1 is 1.22 bits per heavy atom. The third-order valence-electron chi connectivity index (χ3n) is 5.79. The molecule has 0 saturated heterocycles. The highest BCUT2D eigenvalue weighted by atomic mass is 32.1. The van der Waals surface area contributed by atoms with Crippen LogP contribution in [0.5, 0.6) is 0 Å². The van der Waals surface area contributed by atoms with Crippen LogP contribution in [0.15, 0.2) is 30.3 Å². The number of urea groups is 1. The number of anilines is 2. The molecule has 1 aromatic carbocycles. The summed E-state index contributed by atoms with van der Waals surface area (Å²) < 4.78 is 0. The number of carbonyl (C=O) groups is 2. The van der Waals surface area contributed by atoms with Gasteiger partial charge in [-0.15, -0.1) is 11.3 Å². The number of carbonyl (C=O) groups excluding carboxylic acids is 2. The summed E-state index contributed by atoms with van der Waals surface area (Å²) >= 11 is 1.49. The minimum atomic E-state index is -0.476. The molecule has 0 saturated carbocycles. The molecule has 6 heteroatoms. The maximum absolute atomic E-state index is 12.4. The first-order valence-corrected chi connectivity index (χ1v) is 10.2. The van der Waals surface area contributed by atoms with Gasteiger partial charge in [-0.25, -0.2) is 4.79 Å². The SMILES string of the molecule is CCC(C)(C)C1CCc2c(sc(NC(=O)Nc3ccccc3)c2C(N)=O)C1. The van der Waals surface area contributed by atoms with Crippen LogP contribution in [-0.2, 0) is 12.8 Å². The molecule has 1 unspecified atom stereocenters. The van der Waals surface area contributed by atoms with E-state index in [-0.39, 0.29) is 11.4 Å². The first kappa shape index (κ1) is 19.4. The summed E-state index contributed by atoms with van der Waals surface area (Å²) in [6.45, 7) is 6.83. The molecule has 0 aliphatic heterocycles. The largest absolute Gasteiger partial charge is 0.365 e. The number of thiophene rings is 1. The Morgan fingerprint density at radius 3 is 2.56 bits per heavy atom. The molecule has 1 aliphatic carbocycles. The molecule has 27 heavy (non-hydrogen) atoms. The molecule has 0 fully saturated rings. The number of nitrogens with one attached hydrogen (secondary N) is 2. The Morgan fingerprint density at radius 2 is 1.93 bits per heavy atom. The maximum atomic E-state index is 12.4. The quantitative estimate of drug-likeness (QED) is 0.674. The Bertz CT molecular complexity index is 843. The maximum Gasteiger partial charge on any atom is 0.324 e. The van der Waals surface area contributed by atoms with Crippen molar-refractivity contribution in [2.24, 2.45) is 17.1 Å². The van der Waals surface area contributed by atoms with Crippen molar-refractivity contribution in [2.45, 2.75) is 46.5 Å². The molecule has 1 aromatic heterocycles. The van der Waals surface area contributed by atoms with Crippen molar-refractivity contribution < 1.29 is 9.59 Å². The smallest absolute Gasteiger partial charge is 0.324 e. The summed E-state index contributed by atoms with van der Waals surface area (Å²) in [4.78, 5) is 25.6. The van der Waals surface area contributed by atoms with E-state index < -0.39 is 5.91 Å². The van der Waals surface area contributed by atoms with E-state index >= 15 is 0 Å². The van der Waals surface area contributed by atoms with Gasteiger partial charge in [0, 0.05) is 10.6 Å². The van der Waals surface area contributed by atoms with Gasteiger partial charge in [-0.1, -0.05) is 45.4 Å². The summed E-state index contributed by atoms with van der Waals surface area (Å²) in [5, 5.41) is 6.17. The van der Waals surface area contributed by atoms with Crippen molar-refractivity contribution in [1.82, 2.24) is 0 Å². The number of hydrogen-bond donors (Lipinski definition) is 3. The first-order valence-electron chi connectivity index (χ1n) is 9.39. The van der Waals surface area contributed by atoms with Gasteiger partial charge >= 0.3 is 6.03 Å². The van der Waals surface area contributed by atoms with Crippen LogP contribution in [0.3, 0.4) is 0 Å². The van der Waals surface area contributed by atoms with Crippen molar-refractivity contribution in [2.75, 3.05) is 10.6 Å². The third kappa shape index (κ3) is 4.16. The van der Waals surface area contributed by atoms with E-state index in [1.165, 1.54) is 16.2 Å². The number of nitrogens with two attached hydrogens (primary N) is 1. The molecule has 1 aliphatic rings. The summed E-state index contributed by atoms with van der Waals surface area (Å²) in [5.74, 6) is 0.0936. The second-order valence-corrected chi connectivity index (χ2v) is 8.90. The predicted octanol–water partition coefficient (Wildman–Crippen LogP) is 5.03. The molecule has 4 N–H and O–H groups in total. The lowest BCUT2D eigenvalue weighted by atomic mass is 9.69. The average Bonchev–Trinajstić information content (AvgIpc) is 2.99. The summed E-state index contributed by atoms with van der Waals surface area (Å²) in [6, 6.07) is 8.84. The van der Waals surface area contributed by atoms with Crippen LogP contribution < -0.4 is 16.4 Å². The Labute approximate surface area is 164 Å². The molecule has 144 valence electrons. The highest BCUT2D eigenvalue weighted by Gasteiger charge is 2.34. The standard InChI is InChI=1S/C21H27N3O2S/c1-4-21(2,3)13-10-11-15-16(12-13)27-19(17(15)18(22)25)24-20(26)23-14-8-6-5-7-9-14/h5-9,13H,4,10-12H2,1-3H3,(H2,22,25)(H2,23,24,26). The van der Waals surface area contributed by atoms with Crippen LogP contribution in [0.25, 0.3) is 0 Å². The van der Waals surface area contributed by atoms with Gasteiger partial charge in [-0.3, -0.25) is 10.1 Å². The molecule has 3 rings (SSSR count). The van der Waals surface area contributed by atoms with E-state index in [1.54, 1.807) is 0 Å². The van der Waals surface area contributed by atoms with E-state index in [4.69, 9.17) is 5.73 Å². The van der Waals surface area contributed by atoms with Crippen molar-refractivity contribution in [1.29, 1.82) is 0 Å². The minimum Gasteiger partial charge on any atom is -0.365 e. The molecule has 0 spiro atoms. The zero-order chi connectivity index (χ0) is 19.6. The molecule has 2 aromatic rings. The van der Waals surface area contributed by atoms with Crippen LogP contribution in [0.2, 0.25) is 0 Å². The number of hydrogen-bond acceptors (Lipinski definition) is 3. The van der Waals surface area contributed by atoms with Gasteiger partial charge in [-0.2, -0.15) is 0 Å². The highest BCUT2D eigenvalue weighted by molar-refractivity contribution is 7.17. The van der Waals surface area contributed by atoms with Crippen LogP contribution in [-0.4, -0.2) is 11.9 Å². The van der Waals surface area contributed by atoms with E-state index in [0.29, 0.717) is 22.2 Å². The van der Waals surface area contributed by atoms with E-state index in [0.717, 1.165) is 31.2 Å². The number of primary amides is 1. The van der Waals surface area contributed by atoms with Crippen LogP contribution >= 0.6 is 11.3 Å². The highest BCUT2D eigenvalue weighted by Crippen LogP contribution is 2.45. The van der Waals surface area contributed by atoms with Crippen LogP contribution in [0.4, 0.5) is 15.5 Å². The van der Waals surface area contributed by atoms with E-state index in [1.807, 2.05) is 30.3 Å². The number of fused-ring (bicyclic) bond motifs is 1. The Kier molecular flexibility index (Phi) is 5.56. The zero-order valence-electron chi connectivity index (χ0n) is 16.1. The Balaban J connectivity index is 1.82. The molecular formula is C21H27N3O2S. The third-order valence-corrected chi connectivity index (χ3v) is 6.96. The van der Waals surface area contributed by atoms with Crippen molar-refractivity contribution in [3.05, 3.63) is 46.3 Å². The van der Waals surface area contributed by atoms with E-state index in [9.17, 15) is 9.59 Å². The summed E-state index contributed by atoms with van der Waals surface area (Å²) in [5.41, 5.74) is 8.10. The predicted molar refractivity (Wildman–Crippen MR) is 112 cm³/mol. The normalized spacial score (nSPS) is 16.5. The van der Waals surface area contributed by atoms with Gasteiger partial charge < -0.3 is 11.1 Å². The fourth-order valence-corrected chi connectivity index (χ4v) is 5.01. The van der Waals surface area contributed by atoms with Gasteiger partial charge in [0.2, 0.25) is 0 Å². The van der Waals surface area contributed by atoms with Gasteiger partial charge in [-0.05, 0) is 48.3 Å². The van der Waals surface area contributed by atoms with Crippen LogP contribution in [0, 0.1) is 11.3 Å². The first-order chi connectivity index (χ1) is 12.8. The lowest BCUT2D eigenvalue weighted by Gasteiger charge is -2.36. The molecular weight excluding hydrogens is 358 g/mol. The lowest BCUT2D eigenvalue weighted by molar-refractivity contribution is 0.1000. The number of para-hydroxylation sites is 1. The summed E-state index contributed by atoms with van der Waals surface area (Å²) in [6.07, 6.45) is 3.93. The molecule has 3 amide bonds. The van der Waals surface area contributed by atoms with Crippen molar-refractivity contribution >= 4 is 34.0 Å². The lowest BCUT2D eigenvalue weighted by Crippen LogP contribution is -2.29. The molecule has 1 heterocycles. The fraction of sp³-hybridized carbons (Fsp3) is 0.429. The molecule has 0 bridgehead atoms. The van der Waals surface area contributed by atoms with Gasteiger partial charge in [0.25, 0.3) is 5.91 Å². The Hall–Kier alpha value is -2.34. The van der Waals surface area contributed by atoms with Crippen molar-refractivity contribution in [3.63, 3.8) is 0 Å². The van der Waals surface area contributed by atoms with Gasteiger partial charge in [0.15, 0.2) is 0 Å². The topological polar surface area (TPSA) is 84.2 Å². The minimum absolute atomic E-state index is 0.257. The van der Waals surface area contributed by atoms with Gasteiger partial charge in [0.1, 0.15) is 5.00 Å². The van der Waals surface area contributed by atoms with Gasteiger partial charge in [0.05, 0.1) is 5.56 Å². The second kappa shape index (κ2) is 7.72. The second-order valence-electron chi connectivity index (χ2n) is 7.80. The average molecular weight is 386 g/mol. The fourth-order valence-electron chi connectivity index (χ4n) is 3.68. The monoisotopic (exact) mass is 385 g/mol. The molecule has 5 nitrogen and oxygen atoms in total. The van der Waals surface area contributed by atoms with Crippen LogP contribution in [0.1, 0.15) is 54.4 Å². The number of rotatable bonds is 5.